The quantitative estimate of drug-likeness (QED) is 0.739. The predicted molar refractivity (Wildman–Crippen MR) is 92.4 cm³/mol. The summed E-state index contributed by atoms with van der Waals surface area (Å²) >= 11 is 0. The van der Waals surface area contributed by atoms with Crippen molar-refractivity contribution in [2.75, 3.05) is 12.0 Å². The van der Waals surface area contributed by atoms with Crippen LogP contribution >= 0.6 is 0 Å². The Balaban J connectivity index is 1.84. The molecule has 1 amide bonds. The molecule has 136 valence electrons. The number of carbonyl (C=O) groups is 2. The average Bonchev–Trinajstić information content (AvgIpc) is 3.24. The fourth-order valence-electron chi connectivity index (χ4n) is 4.57. The molecule has 5 atom stereocenters. The fraction of sp³-hybridized carbons (Fsp3) is 0.400. The maximum atomic E-state index is 13.3. The lowest BCUT2D eigenvalue weighted by molar-refractivity contribution is -0.313. The maximum Gasteiger partial charge on any atom is 0.234 e. The number of fused-ring (bicyclic) bond motifs is 1. The molecule has 0 saturated carbocycles. The Morgan fingerprint density at radius 2 is 2.23 bits per heavy atom. The van der Waals surface area contributed by atoms with E-state index in [0.29, 0.717) is 17.9 Å². The molecule has 1 spiro atoms. The molecule has 0 aliphatic carbocycles. The zero-order valence-corrected chi connectivity index (χ0v) is 14.7. The van der Waals surface area contributed by atoms with Gasteiger partial charge in [0.1, 0.15) is 11.4 Å². The molecule has 26 heavy (non-hydrogen) atoms. The lowest BCUT2D eigenvalue weighted by Crippen LogP contribution is -2.46. The highest BCUT2D eigenvalue weighted by molar-refractivity contribution is 6.03. The van der Waals surface area contributed by atoms with Crippen molar-refractivity contribution in [3.8, 4) is 5.75 Å². The van der Waals surface area contributed by atoms with Crippen LogP contribution in [0.25, 0.3) is 0 Å². The third kappa shape index (κ3) is 2.15. The first-order valence-corrected chi connectivity index (χ1v) is 8.58. The van der Waals surface area contributed by atoms with Gasteiger partial charge in [0.05, 0.1) is 25.2 Å². The van der Waals surface area contributed by atoms with Gasteiger partial charge in [-0.2, -0.15) is 0 Å². The van der Waals surface area contributed by atoms with E-state index in [0.717, 1.165) is 5.57 Å². The minimum Gasteiger partial charge on any atom is -0.550 e. The zero-order chi connectivity index (χ0) is 18.6. The number of benzene rings is 1. The summed E-state index contributed by atoms with van der Waals surface area (Å²) in [6.45, 7) is 5.87. The number of aliphatic carboxylic acids is 1. The van der Waals surface area contributed by atoms with Crippen molar-refractivity contribution >= 4 is 17.6 Å². The molecule has 0 radical (unpaired) electrons. The highest BCUT2D eigenvalue weighted by atomic mass is 16.5. The van der Waals surface area contributed by atoms with Gasteiger partial charge in [0.25, 0.3) is 0 Å². The van der Waals surface area contributed by atoms with E-state index in [1.807, 2.05) is 19.1 Å². The second kappa shape index (κ2) is 5.71. The number of rotatable bonds is 5. The van der Waals surface area contributed by atoms with E-state index in [1.165, 1.54) is 0 Å². The van der Waals surface area contributed by atoms with E-state index < -0.39 is 29.5 Å². The summed E-state index contributed by atoms with van der Waals surface area (Å²) in [5.74, 6) is -2.66. The fourth-order valence-corrected chi connectivity index (χ4v) is 4.57. The van der Waals surface area contributed by atoms with Gasteiger partial charge in [0, 0.05) is 23.6 Å². The van der Waals surface area contributed by atoms with Crippen molar-refractivity contribution < 1.29 is 24.2 Å². The molecule has 4 rings (SSSR count). The summed E-state index contributed by atoms with van der Waals surface area (Å²) in [5.41, 5.74) is 0.583. The van der Waals surface area contributed by atoms with Crippen LogP contribution in [-0.4, -0.2) is 36.7 Å². The molecule has 6 nitrogen and oxygen atoms in total. The molecule has 1 aromatic carbocycles. The van der Waals surface area contributed by atoms with Gasteiger partial charge < -0.3 is 24.3 Å². The second-order valence-corrected chi connectivity index (χ2v) is 7.20. The first-order valence-electron chi connectivity index (χ1n) is 8.58. The molecule has 1 aromatic rings. The van der Waals surface area contributed by atoms with E-state index in [2.05, 4.69) is 6.58 Å². The monoisotopic (exact) mass is 354 g/mol. The maximum absolute atomic E-state index is 13.3. The molecule has 2 saturated heterocycles. The van der Waals surface area contributed by atoms with Crippen LogP contribution in [0.5, 0.6) is 5.75 Å². The number of carboxylic acids is 1. The number of carbonyl (C=O) groups excluding carboxylic acids is 2. The summed E-state index contributed by atoms with van der Waals surface area (Å²) in [6, 6.07) is 6.81. The van der Waals surface area contributed by atoms with Gasteiger partial charge in [0.15, 0.2) is 0 Å². The van der Waals surface area contributed by atoms with Crippen LogP contribution in [0.3, 0.4) is 0 Å². The van der Waals surface area contributed by atoms with Gasteiger partial charge in [0.2, 0.25) is 5.91 Å². The number of hydrogen-bond donors (Lipinski definition) is 0. The van der Waals surface area contributed by atoms with Crippen molar-refractivity contribution in [3.05, 3.63) is 48.6 Å². The largest absolute Gasteiger partial charge is 0.550 e. The molecule has 0 N–H and O–H groups in total. The van der Waals surface area contributed by atoms with Gasteiger partial charge in [-0.3, -0.25) is 4.79 Å². The Morgan fingerprint density at radius 3 is 2.88 bits per heavy atom. The van der Waals surface area contributed by atoms with Crippen molar-refractivity contribution in [2.45, 2.75) is 31.1 Å². The number of nitrogens with zero attached hydrogens (tertiary/aromatic N) is 1. The third-order valence-electron chi connectivity index (χ3n) is 5.57. The van der Waals surface area contributed by atoms with Gasteiger partial charge in [-0.05, 0) is 25.5 Å². The van der Waals surface area contributed by atoms with E-state index in [-0.39, 0.29) is 11.9 Å². The summed E-state index contributed by atoms with van der Waals surface area (Å²) in [7, 11) is 1.56. The van der Waals surface area contributed by atoms with Crippen LogP contribution in [0.15, 0.2) is 48.6 Å². The van der Waals surface area contributed by atoms with Crippen molar-refractivity contribution in [3.63, 3.8) is 0 Å². The second-order valence-electron chi connectivity index (χ2n) is 7.20. The molecular formula is C20H20NO5-. The van der Waals surface area contributed by atoms with Crippen LogP contribution in [0, 0.1) is 11.8 Å². The number of carboxylic acid groups (broad SMARTS) is 1. The van der Waals surface area contributed by atoms with Gasteiger partial charge in [-0.15, -0.1) is 6.58 Å². The first kappa shape index (κ1) is 16.8. The standard InChI is InChI=1S/C20H21NO5/c1-11(2)9-15-20-8-7-14(26-20)16(19(23)24)17(20)18(22)21(15)12-5-4-6-13(10-12)25-3/h4-8,10,14-17H,1,9H2,2-3H3,(H,23,24)/p-1/t14-,15+,16-,17+,20-/m1/s1. The molecule has 6 heteroatoms. The topological polar surface area (TPSA) is 78.9 Å². The summed E-state index contributed by atoms with van der Waals surface area (Å²) in [5, 5.41) is 11.7. The Hall–Kier alpha value is -2.60. The minimum absolute atomic E-state index is 0.259. The number of anilines is 1. The molecule has 0 unspecified atom stereocenters. The smallest absolute Gasteiger partial charge is 0.234 e. The van der Waals surface area contributed by atoms with Crippen LogP contribution in [0.1, 0.15) is 13.3 Å². The highest BCUT2D eigenvalue weighted by Gasteiger charge is 2.69. The van der Waals surface area contributed by atoms with E-state index in [9.17, 15) is 14.7 Å². The third-order valence-corrected chi connectivity index (χ3v) is 5.57. The predicted octanol–water partition coefficient (Wildman–Crippen LogP) is 1.07. The molecule has 3 aliphatic heterocycles. The molecule has 3 aliphatic rings. The molecule has 2 fully saturated rings. The molecular weight excluding hydrogens is 334 g/mol. The summed E-state index contributed by atoms with van der Waals surface area (Å²) in [6.07, 6.45) is 3.49. The van der Waals surface area contributed by atoms with E-state index in [1.54, 1.807) is 36.3 Å². The van der Waals surface area contributed by atoms with Gasteiger partial charge in [-0.1, -0.05) is 23.8 Å². The van der Waals surface area contributed by atoms with Crippen LogP contribution in [0.4, 0.5) is 5.69 Å². The SMILES string of the molecule is C=C(C)C[C@@H]1N(c2cccc(OC)c2)C(=O)[C@@H]2[C@H](C(=O)[O-])[C@H]3C=C[C@]21O3. The Bertz CT molecular complexity index is 831. The summed E-state index contributed by atoms with van der Waals surface area (Å²) in [4.78, 5) is 26.7. The van der Waals surface area contributed by atoms with Crippen LogP contribution < -0.4 is 14.7 Å². The number of ether oxygens (including phenoxy) is 2. The van der Waals surface area contributed by atoms with Gasteiger partial charge in [-0.25, -0.2) is 0 Å². The van der Waals surface area contributed by atoms with E-state index >= 15 is 0 Å². The van der Waals surface area contributed by atoms with Crippen LogP contribution in [-0.2, 0) is 14.3 Å². The number of amides is 1. The van der Waals surface area contributed by atoms with Crippen molar-refractivity contribution in [1.29, 1.82) is 0 Å². The Labute approximate surface area is 151 Å². The number of hydrogen-bond acceptors (Lipinski definition) is 5. The van der Waals surface area contributed by atoms with Crippen molar-refractivity contribution in [2.24, 2.45) is 11.8 Å². The molecule has 0 aromatic heterocycles. The zero-order valence-electron chi connectivity index (χ0n) is 14.7. The average molecular weight is 354 g/mol. The Morgan fingerprint density at radius 1 is 1.46 bits per heavy atom. The summed E-state index contributed by atoms with van der Waals surface area (Å²) < 4.78 is 11.4. The Kier molecular flexibility index (Phi) is 3.70. The molecule has 2 bridgehead atoms. The highest BCUT2D eigenvalue weighted by Crippen LogP contribution is 2.56. The first-order chi connectivity index (χ1) is 12.4. The minimum atomic E-state index is -1.25. The lowest BCUT2D eigenvalue weighted by Gasteiger charge is -2.33. The number of methoxy groups -OCH3 is 1. The van der Waals surface area contributed by atoms with Gasteiger partial charge >= 0.3 is 0 Å². The lowest BCUT2D eigenvalue weighted by atomic mass is 9.74. The molecule has 3 heterocycles. The van der Waals surface area contributed by atoms with Crippen LogP contribution in [0.2, 0.25) is 0 Å². The normalized spacial score (nSPS) is 34.2. The van der Waals surface area contributed by atoms with E-state index in [4.69, 9.17) is 9.47 Å². The van der Waals surface area contributed by atoms with Crippen molar-refractivity contribution in [1.82, 2.24) is 0 Å².